The number of hydrogen-bond acceptors (Lipinski definition) is 2. The molecule has 0 aromatic heterocycles. The fourth-order valence-electron chi connectivity index (χ4n) is 2.78. The number of aromatic hydroxyl groups is 1. The quantitative estimate of drug-likeness (QED) is 0.379. The molecule has 144 valence electrons. The molecular formula is C23H23Cl2NOZr. The summed E-state index contributed by atoms with van der Waals surface area (Å²) < 4.78 is 0. The van der Waals surface area contributed by atoms with Crippen LogP contribution in [0.2, 0.25) is 0 Å². The monoisotopic (exact) mass is 489 g/mol. The van der Waals surface area contributed by atoms with E-state index in [0.717, 1.165) is 27.9 Å². The van der Waals surface area contributed by atoms with Gasteiger partial charge in [-0.25, -0.2) is 0 Å². The Morgan fingerprint density at radius 2 is 1.39 bits per heavy atom. The Kier molecular flexibility index (Phi) is 8.95. The Hall–Kier alpha value is -1.41. The number of rotatable bonds is 3. The van der Waals surface area contributed by atoms with E-state index in [2.05, 4.69) is 44.0 Å². The van der Waals surface area contributed by atoms with Crippen molar-refractivity contribution < 1.29 is 26.0 Å². The molecule has 0 aliphatic heterocycles. The van der Waals surface area contributed by atoms with Crippen LogP contribution in [0.25, 0.3) is 11.1 Å². The second-order valence-electron chi connectivity index (χ2n) is 7.24. The van der Waals surface area contributed by atoms with Gasteiger partial charge in [0.2, 0.25) is 0 Å². The molecule has 3 aromatic rings. The number of aliphatic imine (C=N–C) groups is 1. The molecule has 0 unspecified atom stereocenters. The van der Waals surface area contributed by atoms with Crippen LogP contribution in [0.4, 0.5) is 5.69 Å². The van der Waals surface area contributed by atoms with Gasteiger partial charge in [0.25, 0.3) is 0 Å². The molecule has 1 N–H and O–H groups in total. The van der Waals surface area contributed by atoms with E-state index < -0.39 is 20.8 Å². The van der Waals surface area contributed by atoms with Gasteiger partial charge in [0.1, 0.15) is 5.75 Å². The minimum absolute atomic E-state index is 0.162. The zero-order chi connectivity index (χ0) is 20.6. The average molecular weight is 492 g/mol. The second-order valence-corrected chi connectivity index (χ2v) is 11.0. The van der Waals surface area contributed by atoms with Crippen molar-refractivity contribution in [3.05, 3.63) is 83.9 Å². The van der Waals surface area contributed by atoms with Crippen LogP contribution in [0.3, 0.4) is 0 Å². The summed E-state index contributed by atoms with van der Waals surface area (Å²) in [5.74, 6) is 0.298. The zero-order valence-electron chi connectivity index (χ0n) is 16.2. The summed E-state index contributed by atoms with van der Waals surface area (Å²) in [5, 5.41) is 10.8. The average Bonchev–Trinajstić information content (AvgIpc) is 2.68. The van der Waals surface area contributed by atoms with E-state index in [4.69, 9.17) is 17.0 Å². The predicted molar refractivity (Wildman–Crippen MR) is 118 cm³/mol. The first-order valence-electron chi connectivity index (χ1n) is 8.85. The molecule has 28 heavy (non-hydrogen) atoms. The van der Waals surface area contributed by atoms with Crippen molar-refractivity contribution in [1.29, 1.82) is 0 Å². The van der Waals surface area contributed by atoms with E-state index in [1.54, 1.807) is 6.21 Å². The van der Waals surface area contributed by atoms with Gasteiger partial charge in [-0.05, 0) is 40.8 Å². The maximum atomic E-state index is 10.8. The van der Waals surface area contributed by atoms with Gasteiger partial charge in [0.05, 0.1) is 5.69 Å². The number of phenols is 1. The van der Waals surface area contributed by atoms with E-state index in [1.807, 2.05) is 54.6 Å². The minimum atomic E-state index is -0.826. The van der Waals surface area contributed by atoms with E-state index in [-0.39, 0.29) is 5.41 Å². The molecule has 0 atom stereocenters. The number of nitrogens with zero attached hydrogens (tertiary/aromatic N) is 1. The van der Waals surface area contributed by atoms with Crippen molar-refractivity contribution in [2.75, 3.05) is 0 Å². The summed E-state index contributed by atoms with van der Waals surface area (Å²) in [6, 6.07) is 24.0. The molecule has 5 heteroatoms. The number of benzene rings is 3. The van der Waals surface area contributed by atoms with Crippen LogP contribution >= 0.6 is 17.0 Å². The molecule has 3 rings (SSSR count). The molecule has 0 aliphatic rings. The van der Waals surface area contributed by atoms with Crippen molar-refractivity contribution in [2.24, 2.45) is 4.99 Å². The molecule has 0 radical (unpaired) electrons. The molecule has 0 heterocycles. The molecule has 3 aromatic carbocycles. The standard InChI is InChI=1S/C23H23NO.2ClH.Zr/c1-23(2,3)21-15-18(17-10-6-4-7-11-17)14-19(22(21)25)16-24-20-12-8-5-9-13-20;;;/h4-16,25H,1-3H3;2*1H;/q;;;+2/p-2. The van der Waals surface area contributed by atoms with Crippen LogP contribution in [0.5, 0.6) is 5.75 Å². The zero-order valence-corrected chi connectivity index (χ0v) is 20.1. The van der Waals surface area contributed by atoms with Crippen LogP contribution in [-0.2, 0) is 26.3 Å². The fourth-order valence-corrected chi connectivity index (χ4v) is 2.78. The van der Waals surface area contributed by atoms with Gasteiger partial charge >= 0.3 is 37.9 Å². The summed E-state index contributed by atoms with van der Waals surface area (Å²) in [6.07, 6.45) is 1.74. The number of halogens is 2. The summed E-state index contributed by atoms with van der Waals surface area (Å²) in [5.41, 5.74) is 4.56. The number of hydrogen-bond donors (Lipinski definition) is 1. The third-order valence-corrected chi connectivity index (χ3v) is 4.16. The van der Waals surface area contributed by atoms with Crippen LogP contribution in [0, 0.1) is 0 Å². The fraction of sp³-hybridized carbons (Fsp3) is 0.174. The molecule has 0 aliphatic carbocycles. The first-order valence-corrected chi connectivity index (χ1v) is 15.2. The van der Waals surface area contributed by atoms with Crippen molar-refractivity contribution in [2.45, 2.75) is 26.2 Å². The van der Waals surface area contributed by atoms with E-state index in [0.29, 0.717) is 5.75 Å². The molecule has 0 bridgehead atoms. The Morgan fingerprint density at radius 3 is 1.93 bits per heavy atom. The Balaban J connectivity index is 0.000000878. The van der Waals surface area contributed by atoms with Gasteiger partial charge in [0, 0.05) is 17.3 Å². The maximum absolute atomic E-state index is 10.8. The molecule has 0 saturated heterocycles. The van der Waals surface area contributed by atoms with Crippen molar-refractivity contribution in [3.63, 3.8) is 0 Å². The summed E-state index contributed by atoms with van der Waals surface area (Å²) in [4.78, 5) is 4.51. The van der Waals surface area contributed by atoms with Gasteiger partial charge in [-0.1, -0.05) is 69.3 Å². The molecule has 0 spiro atoms. The number of phenolic OH excluding ortho intramolecular Hbond substituents is 1. The van der Waals surface area contributed by atoms with Crippen LogP contribution in [0.15, 0.2) is 77.8 Å². The van der Waals surface area contributed by atoms with E-state index in [9.17, 15) is 5.11 Å². The topological polar surface area (TPSA) is 32.6 Å². The summed E-state index contributed by atoms with van der Waals surface area (Å²) in [7, 11) is 9.87. The third kappa shape index (κ3) is 6.59. The molecule has 0 amide bonds. The summed E-state index contributed by atoms with van der Waals surface area (Å²) in [6.45, 7) is 6.32. The predicted octanol–water partition coefficient (Wildman–Crippen LogP) is 7.48. The van der Waals surface area contributed by atoms with Gasteiger partial charge in [-0.15, -0.1) is 0 Å². The Morgan fingerprint density at radius 1 is 0.857 bits per heavy atom. The van der Waals surface area contributed by atoms with Crippen LogP contribution < -0.4 is 0 Å². The van der Waals surface area contributed by atoms with Gasteiger partial charge in [-0.2, -0.15) is 0 Å². The van der Waals surface area contributed by atoms with Crippen LogP contribution in [-0.4, -0.2) is 11.3 Å². The SMILES string of the molecule is CC(C)(C)c1cc(-c2ccccc2)cc(C=Nc2ccccc2)c1O.[Cl][Zr][Cl]. The van der Waals surface area contributed by atoms with Gasteiger partial charge < -0.3 is 5.11 Å². The van der Waals surface area contributed by atoms with Gasteiger partial charge in [-0.3, -0.25) is 4.99 Å². The Bertz CT molecular complexity index is 907. The van der Waals surface area contributed by atoms with E-state index >= 15 is 0 Å². The first kappa shape index (κ1) is 22.9. The molecule has 0 saturated carbocycles. The third-order valence-electron chi connectivity index (χ3n) is 4.16. The first-order chi connectivity index (χ1) is 13.4. The summed E-state index contributed by atoms with van der Waals surface area (Å²) >= 11 is -0.826. The van der Waals surface area contributed by atoms with Crippen molar-refractivity contribution in [1.82, 2.24) is 0 Å². The Labute approximate surface area is 185 Å². The molecule has 2 nitrogen and oxygen atoms in total. The van der Waals surface area contributed by atoms with Gasteiger partial charge in [0.15, 0.2) is 0 Å². The molecular weight excluding hydrogens is 468 g/mol. The molecule has 0 fully saturated rings. The van der Waals surface area contributed by atoms with Crippen molar-refractivity contribution >= 4 is 28.9 Å². The normalized spacial score (nSPS) is 11.0. The second kappa shape index (κ2) is 11.0. The van der Waals surface area contributed by atoms with Crippen LogP contribution in [0.1, 0.15) is 31.9 Å². The van der Waals surface area contributed by atoms with E-state index in [1.165, 1.54) is 0 Å². The van der Waals surface area contributed by atoms with Crippen molar-refractivity contribution in [3.8, 4) is 16.9 Å². The number of para-hydroxylation sites is 1.